The minimum atomic E-state index is 0.0731. The van der Waals surface area contributed by atoms with E-state index in [9.17, 15) is 4.79 Å². The van der Waals surface area contributed by atoms with Crippen LogP contribution in [0.15, 0.2) is 40.9 Å². The van der Waals surface area contributed by atoms with Gasteiger partial charge in [-0.1, -0.05) is 29.5 Å². The van der Waals surface area contributed by atoms with Gasteiger partial charge in [-0.15, -0.1) is 0 Å². The van der Waals surface area contributed by atoms with E-state index in [1.54, 1.807) is 18.4 Å². The first-order valence-electron chi connectivity index (χ1n) is 8.81. The summed E-state index contributed by atoms with van der Waals surface area (Å²) < 4.78 is 7.46. The van der Waals surface area contributed by atoms with Crippen molar-refractivity contribution in [2.24, 2.45) is 0 Å². The number of carbonyl (C=O) groups is 1. The Balaban J connectivity index is 1.51. The van der Waals surface area contributed by atoms with Crippen LogP contribution in [-0.2, 0) is 0 Å². The molecule has 5 nitrogen and oxygen atoms in total. The van der Waals surface area contributed by atoms with E-state index in [4.69, 9.17) is 9.72 Å². The van der Waals surface area contributed by atoms with E-state index in [1.807, 2.05) is 35.2 Å². The summed E-state index contributed by atoms with van der Waals surface area (Å²) in [5.41, 5.74) is 2.84. The number of amides is 1. The second kappa shape index (κ2) is 7.48. The van der Waals surface area contributed by atoms with Crippen LogP contribution in [-0.4, -0.2) is 49.1 Å². The number of methoxy groups -OCH3 is 1. The average molecular weight is 446 g/mol. The number of hydrogen-bond acceptors (Lipinski definition) is 5. The van der Waals surface area contributed by atoms with Crippen molar-refractivity contribution in [3.63, 3.8) is 0 Å². The van der Waals surface area contributed by atoms with E-state index in [-0.39, 0.29) is 5.91 Å². The molecule has 1 aromatic heterocycles. The number of carbonyl (C=O) groups excluding carboxylic acids is 1. The lowest BCUT2D eigenvalue weighted by Crippen LogP contribution is -2.48. The molecule has 140 valence electrons. The lowest BCUT2D eigenvalue weighted by atomic mass is 10.2. The van der Waals surface area contributed by atoms with Crippen molar-refractivity contribution >= 4 is 48.5 Å². The highest BCUT2D eigenvalue weighted by molar-refractivity contribution is 9.10. The maximum atomic E-state index is 12.8. The van der Waals surface area contributed by atoms with Crippen LogP contribution in [0.4, 0.5) is 5.13 Å². The fourth-order valence-electron chi connectivity index (χ4n) is 3.30. The van der Waals surface area contributed by atoms with Gasteiger partial charge in [-0.25, -0.2) is 4.98 Å². The van der Waals surface area contributed by atoms with Crippen molar-refractivity contribution in [2.45, 2.75) is 6.92 Å². The van der Waals surface area contributed by atoms with E-state index in [1.165, 1.54) is 5.56 Å². The van der Waals surface area contributed by atoms with Gasteiger partial charge in [0.25, 0.3) is 5.91 Å². The molecule has 0 atom stereocenters. The van der Waals surface area contributed by atoms with Crippen molar-refractivity contribution in [1.82, 2.24) is 9.88 Å². The van der Waals surface area contributed by atoms with Crippen LogP contribution in [0.1, 0.15) is 15.9 Å². The van der Waals surface area contributed by atoms with Crippen LogP contribution < -0.4 is 9.64 Å². The monoisotopic (exact) mass is 445 g/mol. The van der Waals surface area contributed by atoms with Crippen LogP contribution in [0.25, 0.3) is 10.2 Å². The Morgan fingerprint density at radius 3 is 2.59 bits per heavy atom. The number of aryl methyl sites for hydroxylation is 1. The topological polar surface area (TPSA) is 45.7 Å². The third-order valence-corrected chi connectivity index (χ3v) is 6.80. The zero-order valence-corrected chi connectivity index (χ0v) is 17.6. The fourth-order valence-corrected chi connectivity index (χ4v) is 4.86. The second-order valence-electron chi connectivity index (χ2n) is 6.52. The Hall–Kier alpha value is -2.12. The Bertz CT molecular complexity index is 996. The molecule has 0 aliphatic carbocycles. The Morgan fingerprint density at radius 2 is 1.89 bits per heavy atom. The van der Waals surface area contributed by atoms with Gasteiger partial charge in [0.15, 0.2) is 5.13 Å². The lowest BCUT2D eigenvalue weighted by molar-refractivity contribution is 0.0746. The number of thiazole rings is 1. The third-order valence-electron chi connectivity index (χ3n) is 4.85. The summed E-state index contributed by atoms with van der Waals surface area (Å²) in [4.78, 5) is 21.8. The molecular weight excluding hydrogens is 426 g/mol. The molecule has 0 spiro atoms. The minimum Gasteiger partial charge on any atom is -0.494 e. The van der Waals surface area contributed by atoms with Gasteiger partial charge in [0.05, 0.1) is 17.4 Å². The average Bonchev–Trinajstić information content (AvgIpc) is 3.15. The summed E-state index contributed by atoms with van der Waals surface area (Å²) in [6.45, 7) is 5.02. The van der Waals surface area contributed by atoms with Gasteiger partial charge in [-0.3, -0.25) is 4.79 Å². The standard InChI is InChI=1S/C20H20BrN3O2S/c1-13-7-8-16(26-2)17-18(13)27-20(22-17)24-11-9-23(10-12-24)19(25)14-5-3-4-6-15(14)21/h3-8H,9-12H2,1-2H3. The van der Waals surface area contributed by atoms with E-state index < -0.39 is 0 Å². The Morgan fingerprint density at radius 1 is 1.15 bits per heavy atom. The fraction of sp³-hybridized carbons (Fsp3) is 0.300. The number of anilines is 1. The van der Waals surface area contributed by atoms with Gasteiger partial charge in [-0.05, 0) is 46.6 Å². The molecule has 1 fully saturated rings. The number of rotatable bonds is 3. The SMILES string of the molecule is COc1ccc(C)c2sc(N3CCN(C(=O)c4ccccc4Br)CC3)nc12. The summed E-state index contributed by atoms with van der Waals surface area (Å²) in [6.07, 6.45) is 0. The Labute approximate surface area is 170 Å². The summed E-state index contributed by atoms with van der Waals surface area (Å²) in [6, 6.07) is 11.6. The highest BCUT2D eigenvalue weighted by Crippen LogP contribution is 2.36. The van der Waals surface area contributed by atoms with E-state index in [0.717, 1.165) is 38.7 Å². The molecule has 0 unspecified atom stereocenters. The molecule has 0 radical (unpaired) electrons. The quantitative estimate of drug-likeness (QED) is 0.601. The van der Waals surface area contributed by atoms with Crippen LogP contribution in [0.3, 0.4) is 0 Å². The predicted molar refractivity (Wildman–Crippen MR) is 113 cm³/mol. The van der Waals surface area contributed by atoms with Gasteiger partial charge in [0, 0.05) is 30.7 Å². The van der Waals surface area contributed by atoms with Gasteiger partial charge in [-0.2, -0.15) is 0 Å². The molecule has 1 aliphatic heterocycles. The second-order valence-corrected chi connectivity index (χ2v) is 8.35. The first-order valence-corrected chi connectivity index (χ1v) is 10.4. The summed E-state index contributed by atoms with van der Waals surface area (Å²) >= 11 is 5.17. The smallest absolute Gasteiger partial charge is 0.255 e. The summed E-state index contributed by atoms with van der Waals surface area (Å²) in [7, 11) is 1.68. The number of aromatic nitrogens is 1. The van der Waals surface area contributed by atoms with Crippen LogP contribution in [0.2, 0.25) is 0 Å². The maximum Gasteiger partial charge on any atom is 0.255 e. The van der Waals surface area contributed by atoms with Crippen LogP contribution >= 0.6 is 27.3 Å². The highest BCUT2D eigenvalue weighted by atomic mass is 79.9. The molecule has 7 heteroatoms. The normalized spacial score (nSPS) is 14.6. The molecule has 1 amide bonds. The minimum absolute atomic E-state index is 0.0731. The number of fused-ring (bicyclic) bond motifs is 1. The van der Waals surface area contributed by atoms with E-state index in [0.29, 0.717) is 18.7 Å². The zero-order chi connectivity index (χ0) is 19.0. The molecule has 27 heavy (non-hydrogen) atoms. The van der Waals surface area contributed by atoms with Gasteiger partial charge in [0.1, 0.15) is 11.3 Å². The highest BCUT2D eigenvalue weighted by Gasteiger charge is 2.25. The van der Waals surface area contributed by atoms with Crippen molar-refractivity contribution in [1.29, 1.82) is 0 Å². The maximum absolute atomic E-state index is 12.8. The number of nitrogens with zero attached hydrogens (tertiary/aromatic N) is 3. The molecule has 2 aromatic carbocycles. The van der Waals surface area contributed by atoms with Crippen molar-refractivity contribution in [3.8, 4) is 5.75 Å². The van der Waals surface area contributed by atoms with Gasteiger partial charge >= 0.3 is 0 Å². The van der Waals surface area contributed by atoms with Gasteiger partial charge < -0.3 is 14.5 Å². The molecule has 0 saturated carbocycles. The molecule has 1 aliphatic rings. The first-order chi connectivity index (χ1) is 13.1. The molecule has 3 aromatic rings. The molecule has 4 rings (SSSR count). The number of hydrogen-bond donors (Lipinski definition) is 0. The van der Waals surface area contributed by atoms with Crippen LogP contribution in [0.5, 0.6) is 5.75 Å². The molecular formula is C20H20BrN3O2S. The summed E-state index contributed by atoms with van der Waals surface area (Å²) in [5.74, 6) is 0.879. The molecule has 0 bridgehead atoms. The molecule has 1 saturated heterocycles. The summed E-state index contributed by atoms with van der Waals surface area (Å²) in [5, 5.41) is 0.991. The Kier molecular flexibility index (Phi) is 5.06. The number of ether oxygens (including phenoxy) is 1. The predicted octanol–water partition coefficient (Wildman–Crippen LogP) is 4.34. The number of piperazine rings is 1. The molecule has 0 N–H and O–H groups in total. The largest absolute Gasteiger partial charge is 0.494 e. The van der Waals surface area contributed by atoms with E-state index >= 15 is 0 Å². The van der Waals surface area contributed by atoms with E-state index in [2.05, 4.69) is 33.8 Å². The van der Waals surface area contributed by atoms with Crippen LogP contribution in [0, 0.1) is 6.92 Å². The van der Waals surface area contributed by atoms with Crippen molar-refractivity contribution < 1.29 is 9.53 Å². The van der Waals surface area contributed by atoms with Gasteiger partial charge in [0.2, 0.25) is 0 Å². The van der Waals surface area contributed by atoms with Crippen molar-refractivity contribution in [2.75, 3.05) is 38.2 Å². The van der Waals surface area contributed by atoms with Crippen molar-refractivity contribution in [3.05, 3.63) is 52.0 Å². The number of benzene rings is 2. The third kappa shape index (κ3) is 3.41. The molecule has 2 heterocycles. The zero-order valence-electron chi connectivity index (χ0n) is 15.2. The number of halogens is 1. The lowest BCUT2D eigenvalue weighted by Gasteiger charge is -2.34. The first kappa shape index (κ1) is 18.3.